The van der Waals surface area contributed by atoms with Gasteiger partial charge in [-0.3, -0.25) is 4.79 Å². The van der Waals surface area contributed by atoms with Gasteiger partial charge in [-0.05, 0) is 37.0 Å². The molecule has 20 heavy (non-hydrogen) atoms. The topological polar surface area (TPSA) is 55.6 Å². The molecule has 0 aliphatic carbocycles. The van der Waals surface area contributed by atoms with Crippen molar-refractivity contribution in [3.05, 3.63) is 23.8 Å². The van der Waals surface area contributed by atoms with Gasteiger partial charge in [-0.2, -0.15) is 0 Å². The van der Waals surface area contributed by atoms with Crippen LogP contribution in [0.2, 0.25) is 0 Å². The monoisotopic (exact) mass is 276 g/mol. The van der Waals surface area contributed by atoms with Crippen LogP contribution in [0.25, 0.3) is 0 Å². The predicted molar refractivity (Wildman–Crippen MR) is 81.1 cm³/mol. The van der Waals surface area contributed by atoms with Gasteiger partial charge in [0.05, 0.1) is 5.69 Å². The molecule has 1 aliphatic rings. The van der Waals surface area contributed by atoms with E-state index in [0.717, 1.165) is 24.3 Å². The summed E-state index contributed by atoms with van der Waals surface area (Å²) in [4.78, 5) is 14.3. The molecular weight excluding hydrogens is 252 g/mol. The first-order chi connectivity index (χ1) is 9.60. The Morgan fingerprint density at radius 3 is 2.70 bits per heavy atom. The number of benzene rings is 1. The third-order valence-corrected chi connectivity index (χ3v) is 3.85. The minimum absolute atomic E-state index is 0.00677. The summed E-state index contributed by atoms with van der Waals surface area (Å²) in [5.41, 5.74) is 8.11. The number of nitrogens with zero attached hydrogens (tertiary/aromatic N) is 1. The molecule has 2 N–H and O–H groups in total. The molecule has 0 saturated carbocycles. The Labute approximate surface area is 120 Å². The van der Waals surface area contributed by atoms with E-state index in [9.17, 15) is 4.79 Å². The number of hydrogen-bond acceptors (Lipinski definition) is 3. The molecule has 1 aromatic rings. The number of anilines is 1. The van der Waals surface area contributed by atoms with Crippen molar-refractivity contribution in [3.63, 3.8) is 0 Å². The summed E-state index contributed by atoms with van der Waals surface area (Å²) in [7, 11) is 0. The van der Waals surface area contributed by atoms with Crippen molar-refractivity contribution in [3.8, 4) is 5.75 Å². The van der Waals surface area contributed by atoms with Crippen LogP contribution in [0.5, 0.6) is 5.75 Å². The van der Waals surface area contributed by atoms with Crippen molar-refractivity contribution in [2.24, 2.45) is 5.73 Å². The molecule has 0 saturated heterocycles. The van der Waals surface area contributed by atoms with Gasteiger partial charge in [-0.1, -0.05) is 26.8 Å². The van der Waals surface area contributed by atoms with Crippen molar-refractivity contribution < 1.29 is 9.53 Å². The van der Waals surface area contributed by atoms with E-state index in [1.54, 1.807) is 4.90 Å². The molecule has 4 nitrogen and oxygen atoms in total. The Balaban J connectivity index is 2.39. The first-order valence-electron chi connectivity index (χ1n) is 7.47. The van der Waals surface area contributed by atoms with Gasteiger partial charge < -0.3 is 15.4 Å². The molecule has 1 amide bonds. The van der Waals surface area contributed by atoms with Crippen molar-refractivity contribution >= 4 is 11.6 Å². The zero-order valence-electron chi connectivity index (χ0n) is 12.6. The lowest BCUT2D eigenvalue weighted by atomic mass is 10.1. The summed E-state index contributed by atoms with van der Waals surface area (Å²) in [6.07, 6.45) is 2.07. The number of amides is 1. The number of rotatable bonds is 5. The van der Waals surface area contributed by atoms with Gasteiger partial charge in [0.2, 0.25) is 0 Å². The molecule has 0 radical (unpaired) electrons. The average molecular weight is 276 g/mol. The van der Waals surface area contributed by atoms with Crippen molar-refractivity contribution in [1.29, 1.82) is 0 Å². The zero-order chi connectivity index (χ0) is 14.7. The van der Waals surface area contributed by atoms with Crippen LogP contribution < -0.4 is 15.4 Å². The van der Waals surface area contributed by atoms with Crippen LogP contribution in [0.4, 0.5) is 5.69 Å². The highest BCUT2D eigenvalue weighted by Gasteiger charge is 2.33. The molecule has 1 aliphatic heterocycles. The van der Waals surface area contributed by atoms with Gasteiger partial charge in [-0.15, -0.1) is 0 Å². The average Bonchev–Trinajstić information content (AvgIpc) is 2.48. The molecule has 1 aromatic carbocycles. The Hall–Kier alpha value is -1.55. The van der Waals surface area contributed by atoms with Gasteiger partial charge in [0.15, 0.2) is 6.10 Å². The molecule has 2 atom stereocenters. The second-order valence-corrected chi connectivity index (χ2v) is 5.29. The maximum absolute atomic E-state index is 12.5. The first kappa shape index (κ1) is 14.9. The molecule has 0 aromatic heterocycles. The smallest absolute Gasteiger partial charge is 0.268 e. The normalized spacial score (nSPS) is 19.5. The summed E-state index contributed by atoms with van der Waals surface area (Å²) < 4.78 is 5.81. The SMILES string of the molecule is CCc1ccc2c(c1)N(CC(N)CC)C(=O)C(CC)O2. The molecule has 2 rings (SSSR count). The number of carbonyl (C=O) groups excluding carboxylic acids is 1. The molecule has 4 heteroatoms. The highest BCUT2D eigenvalue weighted by atomic mass is 16.5. The highest BCUT2D eigenvalue weighted by Crippen LogP contribution is 2.35. The van der Waals surface area contributed by atoms with Crippen molar-refractivity contribution in [1.82, 2.24) is 0 Å². The largest absolute Gasteiger partial charge is 0.478 e. The minimum atomic E-state index is -0.390. The summed E-state index contributed by atoms with van der Waals surface area (Å²) in [5.74, 6) is 0.814. The van der Waals surface area contributed by atoms with Gasteiger partial charge >= 0.3 is 0 Å². The predicted octanol–water partition coefficient (Wildman–Crippen LogP) is 2.49. The minimum Gasteiger partial charge on any atom is -0.478 e. The fraction of sp³-hybridized carbons (Fsp3) is 0.562. The summed E-state index contributed by atoms with van der Waals surface area (Å²) in [6.45, 7) is 6.65. The molecule has 0 fully saturated rings. The van der Waals surface area contributed by atoms with E-state index >= 15 is 0 Å². The van der Waals surface area contributed by atoms with E-state index < -0.39 is 0 Å². The lowest BCUT2D eigenvalue weighted by molar-refractivity contribution is -0.126. The van der Waals surface area contributed by atoms with Crippen molar-refractivity contribution in [2.45, 2.75) is 52.2 Å². The maximum atomic E-state index is 12.5. The number of hydrogen-bond donors (Lipinski definition) is 1. The fourth-order valence-corrected chi connectivity index (χ4v) is 2.40. The lowest BCUT2D eigenvalue weighted by Crippen LogP contribution is -2.50. The quantitative estimate of drug-likeness (QED) is 0.899. The molecule has 110 valence electrons. The fourth-order valence-electron chi connectivity index (χ4n) is 2.40. The second kappa shape index (κ2) is 6.27. The van der Waals surface area contributed by atoms with E-state index in [4.69, 9.17) is 10.5 Å². The van der Waals surface area contributed by atoms with Crippen molar-refractivity contribution in [2.75, 3.05) is 11.4 Å². The van der Waals surface area contributed by atoms with Crippen LogP contribution in [0.3, 0.4) is 0 Å². The van der Waals surface area contributed by atoms with Gasteiger partial charge in [-0.25, -0.2) is 0 Å². The molecule has 2 unspecified atom stereocenters. The first-order valence-corrected chi connectivity index (χ1v) is 7.47. The Morgan fingerprint density at radius 1 is 1.35 bits per heavy atom. The highest BCUT2D eigenvalue weighted by molar-refractivity contribution is 6.00. The number of ether oxygens (including phenoxy) is 1. The van der Waals surface area contributed by atoms with Crippen LogP contribution in [-0.4, -0.2) is 24.6 Å². The van der Waals surface area contributed by atoms with Crippen LogP contribution in [-0.2, 0) is 11.2 Å². The van der Waals surface area contributed by atoms with E-state index in [2.05, 4.69) is 13.0 Å². The number of nitrogens with two attached hydrogens (primary N) is 1. The van der Waals surface area contributed by atoms with E-state index in [0.29, 0.717) is 13.0 Å². The molecule has 0 spiro atoms. The van der Waals surface area contributed by atoms with Crippen LogP contribution in [0.15, 0.2) is 18.2 Å². The Kier molecular flexibility index (Phi) is 4.65. The Bertz CT molecular complexity index is 487. The lowest BCUT2D eigenvalue weighted by Gasteiger charge is -2.35. The summed E-state index contributed by atoms with van der Waals surface area (Å²) >= 11 is 0. The number of fused-ring (bicyclic) bond motifs is 1. The summed E-state index contributed by atoms with van der Waals surface area (Å²) in [6, 6.07) is 6.06. The molecule has 0 bridgehead atoms. The number of aryl methyl sites for hydroxylation is 1. The van der Waals surface area contributed by atoms with Gasteiger partial charge in [0, 0.05) is 12.6 Å². The third kappa shape index (κ3) is 2.80. The standard InChI is InChI=1S/C16H24N2O2/c1-4-11-7-8-15-13(9-11)18(10-12(17)5-2)16(19)14(6-3)20-15/h7-9,12,14H,4-6,10,17H2,1-3H3. The Morgan fingerprint density at radius 2 is 2.10 bits per heavy atom. The van der Waals surface area contributed by atoms with Crippen LogP contribution in [0, 0.1) is 0 Å². The molecular formula is C16H24N2O2. The maximum Gasteiger partial charge on any atom is 0.268 e. The summed E-state index contributed by atoms with van der Waals surface area (Å²) in [5, 5.41) is 0. The second-order valence-electron chi connectivity index (χ2n) is 5.29. The van der Waals surface area contributed by atoms with E-state index in [1.807, 2.05) is 26.0 Å². The van der Waals surface area contributed by atoms with Gasteiger partial charge in [0.1, 0.15) is 5.75 Å². The van der Waals surface area contributed by atoms with Crippen LogP contribution >= 0.6 is 0 Å². The number of carbonyl (C=O) groups is 1. The van der Waals surface area contributed by atoms with E-state index in [1.165, 1.54) is 5.56 Å². The van der Waals surface area contributed by atoms with E-state index in [-0.39, 0.29) is 18.1 Å². The van der Waals surface area contributed by atoms with Gasteiger partial charge in [0.25, 0.3) is 5.91 Å². The zero-order valence-corrected chi connectivity index (χ0v) is 12.6. The third-order valence-electron chi connectivity index (χ3n) is 3.85. The molecule has 1 heterocycles. The van der Waals surface area contributed by atoms with Crippen LogP contribution in [0.1, 0.15) is 39.2 Å².